The van der Waals surface area contributed by atoms with Crippen LogP contribution in [0.15, 0.2) is 42.4 Å². The number of aryl methyl sites for hydroxylation is 1. The van der Waals surface area contributed by atoms with Gasteiger partial charge in [-0.3, -0.25) is 4.79 Å². The zero-order chi connectivity index (χ0) is 14.1. The van der Waals surface area contributed by atoms with Crippen LogP contribution in [0, 0.1) is 6.92 Å². The summed E-state index contributed by atoms with van der Waals surface area (Å²) < 4.78 is 2.04. The maximum Gasteiger partial charge on any atom is 0.228 e. The van der Waals surface area contributed by atoms with E-state index in [9.17, 15) is 4.79 Å². The standard InChI is InChI=1S/C16H17N3O/c1-3-15-14(10-16(20)18-15)12-4-6-13(7-5-12)19-9-8-17-11(19)2/h4-9H,3,10H2,1-2H3,(H,18,20). The van der Waals surface area contributed by atoms with Crippen LogP contribution in [-0.2, 0) is 4.79 Å². The Kier molecular flexibility index (Phi) is 3.14. The molecule has 0 bridgehead atoms. The molecular weight excluding hydrogens is 250 g/mol. The summed E-state index contributed by atoms with van der Waals surface area (Å²) in [4.78, 5) is 15.8. The van der Waals surface area contributed by atoms with E-state index >= 15 is 0 Å². The molecule has 3 rings (SSSR count). The summed E-state index contributed by atoms with van der Waals surface area (Å²) in [6.07, 6.45) is 5.07. The minimum Gasteiger partial charge on any atom is -0.329 e. The highest BCUT2D eigenvalue weighted by Crippen LogP contribution is 2.28. The molecule has 2 aromatic rings. The summed E-state index contributed by atoms with van der Waals surface area (Å²) in [6.45, 7) is 4.04. The van der Waals surface area contributed by atoms with Crippen molar-refractivity contribution in [2.45, 2.75) is 26.7 Å². The van der Waals surface area contributed by atoms with E-state index in [1.165, 1.54) is 0 Å². The van der Waals surface area contributed by atoms with E-state index in [1.54, 1.807) is 6.20 Å². The molecule has 1 aromatic heterocycles. The first-order chi connectivity index (χ1) is 9.69. The third-order valence-corrected chi connectivity index (χ3v) is 3.67. The molecule has 4 nitrogen and oxygen atoms in total. The number of nitrogens with one attached hydrogen (secondary N) is 1. The van der Waals surface area contributed by atoms with Gasteiger partial charge in [-0.1, -0.05) is 19.1 Å². The molecule has 0 aliphatic carbocycles. The fourth-order valence-electron chi connectivity index (χ4n) is 2.61. The fourth-order valence-corrected chi connectivity index (χ4v) is 2.61. The Hall–Kier alpha value is -2.36. The van der Waals surface area contributed by atoms with E-state index in [4.69, 9.17) is 0 Å². The van der Waals surface area contributed by atoms with E-state index in [1.807, 2.05) is 17.7 Å². The van der Waals surface area contributed by atoms with Crippen LogP contribution in [0.3, 0.4) is 0 Å². The molecule has 0 unspecified atom stereocenters. The van der Waals surface area contributed by atoms with Gasteiger partial charge in [-0.15, -0.1) is 0 Å². The van der Waals surface area contributed by atoms with Crippen molar-refractivity contribution >= 4 is 11.5 Å². The van der Waals surface area contributed by atoms with Gasteiger partial charge in [-0.05, 0) is 36.6 Å². The van der Waals surface area contributed by atoms with Crippen LogP contribution in [-0.4, -0.2) is 15.5 Å². The zero-order valence-corrected chi connectivity index (χ0v) is 11.7. The van der Waals surface area contributed by atoms with E-state index in [0.29, 0.717) is 6.42 Å². The number of hydrogen-bond donors (Lipinski definition) is 1. The van der Waals surface area contributed by atoms with E-state index in [0.717, 1.165) is 34.8 Å². The highest BCUT2D eigenvalue weighted by molar-refractivity contribution is 5.96. The lowest BCUT2D eigenvalue weighted by molar-refractivity contribution is -0.118. The number of benzene rings is 1. The Labute approximate surface area is 118 Å². The molecule has 0 saturated carbocycles. The first-order valence-corrected chi connectivity index (χ1v) is 6.81. The monoisotopic (exact) mass is 267 g/mol. The molecule has 0 spiro atoms. The van der Waals surface area contributed by atoms with Gasteiger partial charge < -0.3 is 9.88 Å². The first-order valence-electron chi connectivity index (χ1n) is 6.81. The van der Waals surface area contributed by atoms with Crippen molar-refractivity contribution in [3.05, 3.63) is 53.7 Å². The summed E-state index contributed by atoms with van der Waals surface area (Å²) in [5.41, 5.74) is 4.36. The van der Waals surface area contributed by atoms with E-state index in [2.05, 4.69) is 41.5 Å². The smallest absolute Gasteiger partial charge is 0.228 e. The predicted octanol–water partition coefficient (Wildman–Crippen LogP) is 2.82. The Morgan fingerprint density at radius 3 is 2.65 bits per heavy atom. The van der Waals surface area contributed by atoms with Crippen LogP contribution in [0.4, 0.5) is 0 Å². The van der Waals surface area contributed by atoms with Crippen molar-refractivity contribution in [1.82, 2.24) is 14.9 Å². The molecule has 1 aromatic carbocycles. The highest BCUT2D eigenvalue weighted by atomic mass is 16.1. The zero-order valence-electron chi connectivity index (χ0n) is 11.7. The van der Waals surface area contributed by atoms with Gasteiger partial charge in [0.15, 0.2) is 0 Å². The number of carbonyl (C=O) groups is 1. The predicted molar refractivity (Wildman–Crippen MR) is 78.3 cm³/mol. The maximum atomic E-state index is 11.5. The normalized spacial score (nSPS) is 14.8. The number of nitrogens with zero attached hydrogens (tertiary/aromatic N) is 2. The van der Waals surface area contributed by atoms with Crippen LogP contribution in [0.5, 0.6) is 0 Å². The summed E-state index contributed by atoms with van der Waals surface area (Å²) in [5.74, 6) is 1.05. The van der Waals surface area contributed by atoms with Crippen molar-refractivity contribution in [3.8, 4) is 5.69 Å². The molecule has 0 fully saturated rings. The Morgan fingerprint density at radius 1 is 1.30 bits per heavy atom. The SMILES string of the molecule is CCC1=C(c2ccc(-n3ccnc3C)cc2)CC(=O)N1. The number of aromatic nitrogens is 2. The van der Waals surface area contributed by atoms with Gasteiger partial charge in [0.2, 0.25) is 5.91 Å². The van der Waals surface area contributed by atoms with Gasteiger partial charge >= 0.3 is 0 Å². The minimum absolute atomic E-state index is 0.0892. The number of hydrogen-bond acceptors (Lipinski definition) is 2. The van der Waals surface area contributed by atoms with Crippen molar-refractivity contribution in [2.75, 3.05) is 0 Å². The molecule has 0 atom stereocenters. The van der Waals surface area contributed by atoms with Gasteiger partial charge in [-0.25, -0.2) is 4.98 Å². The summed E-state index contributed by atoms with van der Waals surface area (Å²) >= 11 is 0. The lowest BCUT2D eigenvalue weighted by Gasteiger charge is -2.08. The molecule has 1 amide bonds. The molecule has 1 aliphatic heterocycles. The van der Waals surface area contributed by atoms with Crippen LogP contribution in [0.25, 0.3) is 11.3 Å². The Morgan fingerprint density at radius 2 is 2.05 bits per heavy atom. The second-order valence-electron chi connectivity index (χ2n) is 4.93. The lowest BCUT2D eigenvalue weighted by Crippen LogP contribution is -2.14. The third-order valence-electron chi connectivity index (χ3n) is 3.67. The number of amides is 1. The number of carbonyl (C=O) groups excluding carboxylic acids is 1. The third kappa shape index (κ3) is 2.13. The van der Waals surface area contributed by atoms with Crippen LogP contribution in [0.2, 0.25) is 0 Å². The number of rotatable bonds is 3. The molecule has 1 aliphatic rings. The van der Waals surface area contributed by atoms with Crippen molar-refractivity contribution < 1.29 is 4.79 Å². The highest BCUT2D eigenvalue weighted by Gasteiger charge is 2.20. The summed E-state index contributed by atoms with van der Waals surface area (Å²) in [5, 5.41) is 2.93. The van der Waals surface area contributed by atoms with Crippen molar-refractivity contribution in [1.29, 1.82) is 0 Å². The minimum atomic E-state index is 0.0892. The van der Waals surface area contributed by atoms with Gasteiger partial charge in [0, 0.05) is 23.8 Å². The topological polar surface area (TPSA) is 46.9 Å². The first kappa shape index (κ1) is 12.7. The summed E-state index contributed by atoms with van der Waals surface area (Å²) in [7, 11) is 0. The molecule has 0 saturated heterocycles. The largest absolute Gasteiger partial charge is 0.329 e. The quantitative estimate of drug-likeness (QED) is 0.929. The second kappa shape index (κ2) is 4.96. The van der Waals surface area contributed by atoms with Crippen LogP contribution < -0.4 is 5.32 Å². The fraction of sp³-hybridized carbons (Fsp3) is 0.250. The van der Waals surface area contributed by atoms with Gasteiger partial charge in [0.05, 0.1) is 6.42 Å². The van der Waals surface area contributed by atoms with Crippen LogP contribution in [0.1, 0.15) is 31.2 Å². The summed E-state index contributed by atoms with van der Waals surface area (Å²) in [6, 6.07) is 8.26. The van der Waals surface area contributed by atoms with E-state index < -0.39 is 0 Å². The molecule has 2 heterocycles. The van der Waals surface area contributed by atoms with Gasteiger partial charge in [-0.2, -0.15) is 0 Å². The van der Waals surface area contributed by atoms with Crippen molar-refractivity contribution in [2.24, 2.45) is 0 Å². The van der Waals surface area contributed by atoms with Crippen molar-refractivity contribution in [3.63, 3.8) is 0 Å². The average Bonchev–Trinajstić information content (AvgIpc) is 3.04. The lowest BCUT2D eigenvalue weighted by atomic mass is 10.0. The molecule has 1 N–H and O–H groups in total. The molecular formula is C16H17N3O. The Bertz CT molecular complexity index is 680. The van der Waals surface area contributed by atoms with E-state index in [-0.39, 0.29) is 5.91 Å². The molecule has 20 heavy (non-hydrogen) atoms. The molecule has 102 valence electrons. The van der Waals surface area contributed by atoms with Gasteiger partial charge in [0.1, 0.15) is 5.82 Å². The Balaban J connectivity index is 1.94. The van der Waals surface area contributed by atoms with Crippen LogP contribution >= 0.6 is 0 Å². The average molecular weight is 267 g/mol. The second-order valence-corrected chi connectivity index (χ2v) is 4.93. The number of allylic oxidation sites excluding steroid dienone is 1. The maximum absolute atomic E-state index is 11.5. The van der Waals surface area contributed by atoms with Gasteiger partial charge in [0.25, 0.3) is 0 Å². The molecule has 0 radical (unpaired) electrons. The molecule has 4 heteroatoms. The number of imidazole rings is 1.